The predicted molar refractivity (Wildman–Crippen MR) is 166 cm³/mol. The normalized spacial score (nSPS) is 17.0. The summed E-state index contributed by atoms with van der Waals surface area (Å²) in [6, 6.07) is 7.08. The largest absolute Gasteiger partial charge is 0.423 e. The highest BCUT2D eigenvalue weighted by molar-refractivity contribution is 5.92. The van der Waals surface area contributed by atoms with Gasteiger partial charge in [-0.15, -0.1) is 0 Å². The zero-order valence-electron chi connectivity index (χ0n) is 26.5. The van der Waals surface area contributed by atoms with Crippen molar-refractivity contribution in [2.24, 2.45) is 0 Å². The van der Waals surface area contributed by atoms with E-state index in [0.717, 1.165) is 48.4 Å². The average Bonchev–Trinajstić information content (AvgIpc) is 2.94. The monoisotopic (exact) mass is 650 g/mol. The molecule has 0 bridgehead atoms. The maximum Gasteiger partial charge on any atom is 0.417 e. The first-order valence-corrected chi connectivity index (χ1v) is 15.2. The predicted octanol–water partition coefficient (Wildman–Crippen LogP) is 8.64. The molecule has 0 amide bonds. The molecule has 2 aliphatic rings. The molecule has 0 spiro atoms. The average molecular weight is 651 g/mol. The van der Waals surface area contributed by atoms with E-state index in [0.29, 0.717) is 25.2 Å². The van der Waals surface area contributed by atoms with Gasteiger partial charge >= 0.3 is 23.6 Å². The smallest absolute Gasteiger partial charge is 0.417 e. The molecule has 46 heavy (non-hydrogen) atoms. The van der Waals surface area contributed by atoms with E-state index >= 15 is 0 Å². The van der Waals surface area contributed by atoms with Crippen molar-refractivity contribution in [3.8, 4) is 0 Å². The van der Waals surface area contributed by atoms with E-state index in [9.17, 15) is 35.9 Å². The molecule has 6 nitrogen and oxygen atoms in total. The molecule has 0 saturated heterocycles. The molecule has 0 unspecified atom stereocenters. The first kappa shape index (κ1) is 33.4. The summed E-state index contributed by atoms with van der Waals surface area (Å²) >= 11 is 0. The van der Waals surface area contributed by atoms with E-state index in [1.54, 1.807) is 12.1 Å². The number of benzene rings is 2. The van der Waals surface area contributed by atoms with Crippen molar-refractivity contribution in [3.63, 3.8) is 0 Å². The van der Waals surface area contributed by atoms with Crippen molar-refractivity contribution in [1.29, 1.82) is 0 Å². The van der Waals surface area contributed by atoms with Crippen LogP contribution in [-0.2, 0) is 23.2 Å². The van der Waals surface area contributed by atoms with Gasteiger partial charge in [-0.3, -0.25) is 0 Å². The van der Waals surface area contributed by atoms with Crippen LogP contribution in [0.4, 0.5) is 37.7 Å². The first-order chi connectivity index (χ1) is 21.3. The second-order valence-electron chi connectivity index (χ2n) is 13.1. The van der Waals surface area contributed by atoms with Gasteiger partial charge in [0, 0.05) is 72.1 Å². The van der Waals surface area contributed by atoms with Crippen molar-refractivity contribution >= 4 is 33.3 Å². The van der Waals surface area contributed by atoms with E-state index in [1.165, 1.54) is 12.1 Å². The van der Waals surface area contributed by atoms with Gasteiger partial charge in [-0.25, -0.2) is 9.59 Å². The van der Waals surface area contributed by atoms with Gasteiger partial charge in [-0.2, -0.15) is 26.3 Å². The number of alkyl halides is 6. The van der Waals surface area contributed by atoms with Gasteiger partial charge in [-0.05, 0) is 61.3 Å². The molecule has 2 aliphatic heterocycles. The lowest BCUT2D eigenvalue weighted by molar-refractivity contribution is -0.137. The van der Waals surface area contributed by atoms with E-state index in [2.05, 4.69) is 18.7 Å². The Labute approximate surface area is 261 Å². The van der Waals surface area contributed by atoms with E-state index in [1.807, 2.05) is 32.6 Å². The SMILES string of the molecule is CC1(C)CCN2CCC(C)(C)c3c2c1cc1c(C(F)(F)F)cc(=O)oc31.CCN(CC)c1ccc2c(C(F)(F)F)cc(=O)oc2c1. The summed E-state index contributed by atoms with van der Waals surface area (Å²) in [5.41, 5.74) is -1.03. The quantitative estimate of drug-likeness (QED) is 0.163. The van der Waals surface area contributed by atoms with Gasteiger partial charge in [0.15, 0.2) is 0 Å². The molecule has 12 heteroatoms. The van der Waals surface area contributed by atoms with Crippen molar-refractivity contribution in [2.75, 3.05) is 36.0 Å². The summed E-state index contributed by atoms with van der Waals surface area (Å²) in [5.74, 6) is 0. The second-order valence-corrected chi connectivity index (χ2v) is 13.1. The zero-order chi connectivity index (χ0) is 34.0. The van der Waals surface area contributed by atoms with Gasteiger partial charge < -0.3 is 18.6 Å². The molecule has 4 heterocycles. The third-order valence-electron chi connectivity index (χ3n) is 9.21. The summed E-state index contributed by atoms with van der Waals surface area (Å²) in [5, 5.41) is -0.108. The topological polar surface area (TPSA) is 66.9 Å². The molecule has 4 aromatic rings. The number of hydrogen-bond donors (Lipinski definition) is 0. The maximum atomic E-state index is 13.7. The van der Waals surface area contributed by atoms with E-state index in [-0.39, 0.29) is 32.8 Å². The highest BCUT2D eigenvalue weighted by atomic mass is 19.4. The van der Waals surface area contributed by atoms with E-state index in [4.69, 9.17) is 8.83 Å². The summed E-state index contributed by atoms with van der Waals surface area (Å²) in [4.78, 5) is 27.4. The van der Waals surface area contributed by atoms with Crippen molar-refractivity contribution in [2.45, 2.75) is 77.6 Å². The third kappa shape index (κ3) is 5.98. The van der Waals surface area contributed by atoms with Gasteiger partial charge in [0.25, 0.3) is 0 Å². The third-order valence-corrected chi connectivity index (χ3v) is 9.21. The molecule has 0 saturated carbocycles. The molecule has 2 aromatic carbocycles. The lowest BCUT2D eigenvalue weighted by Gasteiger charge is -2.48. The fourth-order valence-corrected chi connectivity index (χ4v) is 6.59. The first-order valence-electron chi connectivity index (χ1n) is 15.2. The minimum atomic E-state index is -4.60. The minimum Gasteiger partial charge on any atom is -0.423 e. The number of anilines is 2. The van der Waals surface area contributed by atoms with Crippen LogP contribution in [0.3, 0.4) is 0 Å². The van der Waals surface area contributed by atoms with Crippen molar-refractivity contribution in [1.82, 2.24) is 0 Å². The van der Waals surface area contributed by atoms with Crippen LogP contribution in [0, 0.1) is 0 Å². The molecule has 0 N–H and O–H groups in total. The van der Waals surface area contributed by atoms with Crippen molar-refractivity contribution < 1.29 is 35.2 Å². The Hall–Kier alpha value is -3.96. The Morgan fingerprint density at radius 2 is 1.30 bits per heavy atom. The minimum absolute atomic E-state index is 0.00394. The van der Waals surface area contributed by atoms with Crippen LogP contribution in [0.2, 0.25) is 0 Å². The summed E-state index contributed by atoms with van der Waals surface area (Å²) in [6.07, 6.45) is -7.50. The Morgan fingerprint density at radius 3 is 1.87 bits per heavy atom. The second kappa shape index (κ2) is 11.4. The molecule has 0 aliphatic carbocycles. The molecule has 6 rings (SSSR count). The number of nitrogens with zero attached hydrogens (tertiary/aromatic N) is 2. The Bertz CT molecular complexity index is 1910. The van der Waals surface area contributed by atoms with Gasteiger partial charge in [0.2, 0.25) is 0 Å². The number of fused-ring (bicyclic) bond motifs is 3. The van der Waals surface area contributed by atoms with E-state index < -0.39 is 34.7 Å². The van der Waals surface area contributed by atoms with Crippen LogP contribution in [0.1, 0.15) is 76.6 Å². The molecular weight excluding hydrogens is 614 g/mol. The maximum absolute atomic E-state index is 13.7. The van der Waals surface area contributed by atoms with Gasteiger partial charge in [0.05, 0.1) is 11.1 Å². The van der Waals surface area contributed by atoms with Crippen LogP contribution in [0.15, 0.2) is 54.8 Å². The molecule has 248 valence electrons. The zero-order valence-corrected chi connectivity index (χ0v) is 26.5. The number of halogens is 6. The fraction of sp³-hybridized carbons (Fsp3) is 0.471. The summed E-state index contributed by atoms with van der Waals surface area (Å²) < 4.78 is 89.9. The summed E-state index contributed by atoms with van der Waals surface area (Å²) in [7, 11) is 0. The standard InChI is InChI=1S/C20H22F3NO2.C14H14F3NO2/c1-18(2)5-7-24-8-6-19(3,4)15-16(24)13(18)9-11-12(20(21,22)23)10-14(25)26-17(11)15;1-3-18(4-2)9-5-6-10-11(14(15,16)17)8-13(19)20-12(10)7-9/h9-10H,5-8H2,1-4H3;5-8H,3-4H2,1-2H3. The highest BCUT2D eigenvalue weighted by Gasteiger charge is 2.44. The molecule has 0 radical (unpaired) electrons. The molecular formula is C34H36F6N2O4. The molecule has 0 atom stereocenters. The lowest BCUT2D eigenvalue weighted by Crippen LogP contribution is -2.44. The highest BCUT2D eigenvalue weighted by Crippen LogP contribution is 2.52. The van der Waals surface area contributed by atoms with Crippen LogP contribution >= 0.6 is 0 Å². The van der Waals surface area contributed by atoms with Crippen LogP contribution in [-0.4, -0.2) is 26.2 Å². The lowest BCUT2D eigenvalue weighted by atomic mass is 9.69. The Kier molecular flexibility index (Phi) is 8.26. The van der Waals surface area contributed by atoms with Crippen LogP contribution < -0.4 is 21.1 Å². The van der Waals surface area contributed by atoms with Crippen LogP contribution in [0.25, 0.3) is 21.9 Å². The molecule has 2 aromatic heterocycles. The number of rotatable bonds is 3. The molecule has 0 fully saturated rings. The Balaban J connectivity index is 0.000000188. The summed E-state index contributed by atoms with van der Waals surface area (Å²) in [6.45, 7) is 15.2. The van der Waals surface area contributed by atoms with Crippen LogP contribution in [0.5, 0.6) is 0 Å². The van der Waals surface area contributed by atoms with Crippen molar-refractivity contribution in [3.05, 3.63) is 79.5 Å². The van der Waals surface area contributed by atoms with Gasteiger partial charge in [0.1, 0.15) is 11.2 Å². The Morgan fingerprint density at radius 1 is 0.761 bits per heavy atom. The van der Waals surface area contributed by atoms with Gasteiger partial charge in [-0.1, -0.05) is 27.7 Å². The number of hydrogen-bond acceptors (Lipinski definition) is 6. The fourth-order valence-electron chi connectivity index (χ4n) is 6.59.